The van der Waals surface area contributed by atoms with E-state index < -0.39 is 30.0 Å². The van der Waals surface area contributed by atoms with E-state index in [1.54, 1.807) is 7.05 Å². The third-order valence-electron chi connectivity index (χ3n) is 4.85. The van der Waals surface area contributed by atoms with Crippen LogP contribution in [0.2, 0.25) is 0 Å². The van der Waals surface area contributed by atoms with Gasteiger partial charge in [-0.3, -0.25) is 9.59 Å². The van der Waals surface area contributed by atoms with Gasteiger partial charge in [-0.2, -0.15) is 13.2 Å². The molecule has 1 aliphatic rings. The van der Waals surface area contributed by atoms with Gasteiger partial charge in [0.2, 0.25) is 6.41 Å². The second-order valence-electron chi connectivity index (χ2n) is 6.92. The fraction of sp³-hybridized carbons (Fsp3) is 0.688. The predicted octanol–water partition coefficient (Wildman–Crippen LogP) is 1.57. The molecule has 26 heavy (non-hydrogen) atoms. The first-order valence-corrected chi connectivity index (χ1v) is 8.24. The molecule has 0 aromatic carbocycles. The Hall–Kier alpha value is -2.10. The van der Waals surface area contributed by atoms with Crippen molar-refractivity contribution in [2.75, 3.05) is 25.5 Å². The van der Waals surface area contributed by atoms with Crippen LogP contribution in [0.3, 0.4) is 0 Å². The fourth-order valence-electron chi connectivity index (χ4n) is 3.40. The first-order valence-electron chi connectivity index (χ1n) is 8.24. The summed E-state index contributed by atoms with van der Waals surface area (Å²) in [5.41, 5.74) is -2.53. The summed E-state index contributed by atoms with van der Waals surface area (Å²) >= 11 is 0. The Morgan fingerprint density at radius 3 is 2.73 bits per heavy atom. The van der Waals surface area contributed by atoms with Gasteiger partial charge in [0.1, 0.15) is 0 Å². The second kappa shape index (κ2) is 7.26. The number of aryl methyl sites for hydroxylation is 1. The molecule has 1 heterocycles. The van der Waals surface area contributed by atoms with Crippen molar-refractivity contribution in [3.8, 4) is 0 Å². The lowest BCUT2D eigenvalue weighted by atomic mass is 9.77. The van der Waals surface area contributed by atoms with Crippen molar-refractivity contribution in [3.05, 3.63) is 12.0 Å². The molecule has 10 heteroatoms. The molecule has 1 N–H and O–H groups in total. The molecule has 0 aliphatic heterocycles. The zero-order valence-corrected chi connectivity index (χ0v) is 15.0. The van der Waals surface area contributed by atoms with E-state index in [0.717, 1.165) is 4.90 Å². The quantitative estimate of drug-likeness (QED) is 0.792. The number of halogens is 3. The Morgan fingerprint density at radius 2 is 2.15 bits per heavy atom. The number of rotatable bonds is 5. The highest BCUT2D eigenvalue weighted by molar-refractivity contribution is 5.99. The van der Waals surface area contributed by atoms with Gasteiger partial charge in [-0.25, -0.2) is 4.98 Å². The summed E-state index contributed by atoms with van der Waals surface area (Å²) in [5, 5.41) is 9.92. The van der Waals surface area contributed by atoms with Crippen LogP contribution < -0.4 is 4.90 Å². The minimum Gasteiger partial charge on any atom is -0.380 e. The summed E-state index contributed by atoms with van der Waals surface area (Å²) in [4.78, 5) is 30.2. The van der Waals surface area contributed by atoms with E-state index in [2.05, 4.69) is 4.98 Å². The number of aliphatic hydroxyl groups is 1. The second-order valence-corrected chi connectivity index (χ2v) is 6.92. The standard InChI is InChI=1S/C16H23F3N4O3/c1-21(8-11-5-4-6-15(26,7-11)16(17,18)19)14(25)12-13(23(3)10-24)20-9-22(12)2/h9-11,26H,4-8H2,1-3H3/t11-,15?/m1/s1. The van der Waals surface area contributed by atoms with E-state index in [1.165, 1.54) is 29.9 Å². The molecule has 0 radical (unpaired) electrons. The van der Waals surface area contributed by atoms with Crippen LogP contribution in [0.1, 0.15) is 36.2 Å². The molecule has 2 atom stereocenters. The van der Waals surface area contributed by atoms with Gasteiger partial charge in [0.25, 0.3) is 5.91 Å². The number of aromatic nitrogens is 2. The average Bonchev–Trinajstić information content (AvgIpc) is 2.94. The van der Waals surface area contributed by atoms with Gasteiger partial charge in [0.05, 0.1) is 6.33 Å². The third kappa shape index (κ3) is 3.84. The Balaban J connectivity index is 2.13. The minimum atomic E-state index is -4.68. The number of nitrogens with zero attached hydrogens (tertiary/aromatic N) is 4. The summed E-state index contributed by atoms with van der Waals surface area (Å²) in [7, 11) is 4.54. The van der Waals surface area contributed by atoms with Crippen molar-refractivity contribution < 1.29 is 27.9 Å². The molecule has 0 saturated heterocycles. The van der Waals surface area contributed by atoms with Crippen LogP contribution in [0.5, 0.6) is 0 Å². The van der Waals surface area contributed by atoms with Crippen LogP contribution >= 0.6 is 0 Å². The Kier molecular flexibility index (Phi) is 5.64. The summed E-state index contributed by atoms with van der Waals surface area (Å²) in [6.45, 7) is 0.0760. The first-order chi connectivity index (χ1) is 12.0. The Labute approximate surface area is 149 Å². The van der Waals surface area contributed by atoms with Crippen molar-refractivity contribution >= 4 is 18.1 Å². The molecular formula is C16H23F3N4O3. The number of carbonyl (C=O) groups excluding carboxylic acids is 2. The van der Waals surface area contributed by atoms with Crippen LogP contribution in [0, 0.1) is 5.92 Å². The molecular weight excluding hydrogens is 353 g/mol. The van der Waals surface area contributed by atoms with Crippen molar-refractivity contribution in [2.45, 2.75) is 37.5 Å². The lowest BCUT2D eigenvalue weighted by Gasteiger charge is -2.39. The lowest BCUT2D eigenvalue weighted by Crippen LogP contribution is -2.50. The van der Waals surface area contributed by atoms with Crippen LogP contribution in [0.25, 0.3) is 0 Å². The highest BCUT2D eigenvalue weighted by atomic mass is 19.4. The smallest absolute Gasteiger partial charge is 0.380 e. The maximum atomic E-state index is 13.1. The number of imidazole rings is 1. The average molecular weight is 376 g/mol. The minimum absolute atomic E-state index is 0.0760. The maximum absolute atomic E-state index is 13.1. The first kappa shape index (κ1) is 20.2. The van der Waals surface area contributed by atoms with Crippen molar-refractivity contribution in [3.63, 3.8) is 0 Å². The van der Waals surface area contributed by atoms with Crippen molar-refractivity contribution in [1.82, 2.24) is 14.5 Å². The molecule has 0 bridgehead atoms. The van der Waals surface area contributed by atoms with E-state index >= 15 is 0 Å². The van der Waals surface area contributed by atoms with Gasteiger partial charge in [0.15, 0.2) is 17.1 Å². The molecule has 1 unspecified atom stereocenters. The van der Waals surface area contributed by atoms with Crippen molar-refractivity contribution in [1.29, 1.82) is 0 Å². The van der Waals surface area contributed by atoms with Crippen LogP contribution in [0.4, 0.5) is 19.0 Å². The summed E-state index contributed by atoms with van der Waals surface area (Å²) in [6.07, 6.45) is -2.78. The molecule has 1 fully saturated rings. The SMILES string of the molecule is CN(C[C@@H]1CCCC(O)(C(F)(F)F)C1)C(=O)c1c(N(C)C=O)ncn1C. The molecule has 0 spiro atoms. The van der Waals surface area contributed by atoms with Crippen LogP contribution in [-0.4, -0.2) is 64.3 Å². The zero-order valence-electron chi connectivity index (χ0n) is 15.0. The van der Waals surface area contributed by atoms with E-state index in [4.69, 9.17) is 0 Å². The van der Waals surface area contributed by atoms with E-state index in [9.17, 15) is 27.9 Å². The Morgan fingerprint density at radius 1 is 1.50 bits per heavy atom. The van der Waals surface area contributed by atoms with Crippen LogP contribution in [-0.2, 0) is 11.8 Å². The van der Waals surface area contributed by atoms with E-state index in [0.29, 0.717) is 12.8 Å². The van der Waals surface area contributed by atoms with Crippen molar-refractivity contribution in [2.24, 2.45) is 13.0 Å². The zero-order chi connectivity index (χ0) is 19.7. The highest BCUT2D eigenvalue weighted by Gasteiger charge is 2.55. The number of hydrogen-bond donors (Lipinski definition) is 1. The third-order valence-corrected chi connectivity index (χ3v) is 4.85. The summed E-state index contributed by atoms with van der Waals surface area (Å²) in [5.74, 6) is -0.741. The number of alkyl halides is 3. The molecule has 1 saturated carbocycles. The topological polar surface area (TPSA) is 78.7 Å². The van der Waals surface area contributed by atoms with E-state index in [-0.39, 0.29) is 30.9 Å². The number of anilines is 1. The molecule has 7 nitrogen and oxygen atoms in total. The number of amides is 2. The summed E-state index contributed by atoms with van der Waals surface area (Å²) < 4.78 is 40.7. The van der Waals surface area contributed by atoms with Gasteiger partial charge in [-0.05, 0) is 31.6 Å². The van der Waals surface area contributed by atoms with Gasteiger partial charge in [-0.1, -0.05) is 0 Å². The highest BCUT2D eigenvalue weighted by Crippen LogP contribution is 2.43. The predicted molar refractivity (Wildman–Crippen MR) is 87.6 cm³/mol. The monoisotopic (exact) mass is 376 g/mol. The van der Waals surface area contributed by atoms with Gasteiger partial charge in [-0.15, -0.1) is 0 Å². The molecule has 1 aromatic heterocycles. The molecule has 2 rings (SSSR count). The molecule has 1 aromatic rings. The van der Waals surface area contributed by atoms with Crippen LogP contribution in [0.15, 0.2) is 6.33 Å². The lowest BCUT2D eigenvalue weighted by molar-refractivity contribution is -0.274. The largest absolute Gasteiger partial charge is 0.417 e. The molecule has 2 amide bonds. The van der Waals surface area contributed by atoms with Gasteiger partial charge >= 0.3 is 6.18 Å². The van der Waals surface area contributed by atoms with E-state index in [1.807, 2.05) is 0 Å². The number of hydrogen-bond acceptors (Lipinski definition) is 4. The van der Waals surface area contributed by atoms with Gasteiger partial charge < -0.3 is 19.5 Å². The maximum Gasteiger partial charge on any atom is 0.417 e. The Bertz CT molecular complexity index is 676. The molecule has 146 valence electrons. The van der Waals surface area contributed by atoms with Gasteiger partial charge in [0, 0.05) is 27.7 Å². The normalized spacial score (nSPS) is 23.6. The number of carbonyl (C=O) groups is 2. The fourth-order valence-corrected chi connectivity index (χ4v) is 3.40. The molecule has 1 aliphatic carbocycles. The summed E-state index contributed by atoms with van der Waals surface area (Å²) in [6, 6.07) is 0.